The second-order valence-electron chi connectivity index (χ2n) is 6.29. The molecule has 2 aromatic carbocycles. The van der Waals surface area contributed by atoms with Gasteiger partial charge in [0.1, 0.15) is 35.9 Å². The Morgan fingerprint density at radius 1 is 1.04 bits per heavy atom. The van der Waals surface area contributed by atoms with E-state index in [9.17, 15) is 8.78 Å². The Morgan fingerprint density at radius 3 is 2.61 bits per heavy atom. The second kappa shape index (κ2) is 9.80. The number of unbranched alkanes of at least 4 members (excludes halogenated alkanes) is 1. The average molecular weight is 385 g/mol. The molecule has 0 fully saturated rings. The summed E-state index contributed by atoms with van der Waals surface area (Å²) >= 11 is 0. The van der Waals surface area contributed by atoms with Crippen LogP contribution in [-0.4, -0.2) is 16.7 Å². The number of aliphatic hydroxyl groups excluding tert-OH is 1. The first-order valence-corrected chi connectivity index (χ1v) is 9.04. The van der Waals surface area contributed by atoms with Crippen molar-refractivity contribution in [2.45, 2.75) is 25.9 Å². The van der Waals surface area contributed by atoms with Gasteiger partial charge in [0.15, 0.2) is 0 Å². The summed E-state index contributed by atoms with van der Waals surface area (Å²) in [5.74, 6) is -0.240. The maximum Gasteiger partial charge on any atom is 0.218 e. The molecule has 0 radical (unpaired) electrons. The average Bonchev–Trinajstić information content (AvgIpc) is 3.15. The fourth-order valence-electron chi connectivity index (χ4n) is 2.61. The van der Waals surface area contributed by atoms with Crippen LogP contribution in [0.3, 0.4) is 0 Å². The first kappa shape index (κ1) is 19.8. The molecule has 1 aromatic heterocycles. The third-order valence-corrected chi connectivity index (χ3v) is 4.12. The van der Waals surface area contributed by atoms with Crippen molar-refractivity contribution >= 4 is 12.2 Å². The molecule has 1 heterocycles. The predicted molar refractivity (Wildman–Crippen MR) is 103 cm³/mol. The van der Waals surface area contributed by atoms with Crippen LogP contribution in [0.15, 0.2) is 53.1 Å². The van der Waals surface area contributed by atoms with E-state index in [1.165, 1.54) is 36.1 Å². The number of nitrogens with zero attached hydrogens (tertiary/aromatic N) is 1. The van der Waals surface area contributed by atoms with Crippen molar-refractivity contribution in [2.75, 3.05) is 6.61 Å². The van der Waals surface area contributed by atoms with Gasteiger partial charge in [0.2, 0.25) is 5.89 Å². The summed E-state index contributed by atoms with van der Waals surface area (Å²) in [6.07, 6.45) is 7.14. The van der Waals surface area contributed by atoms with E-state index >= 15 is 0 Å². The van der Waals surface area contributed by atoms with Crippen molar-refractivity contribution in [1.29, 1.82) is 0 Å². The van der Waals surface area contributed by atoms with E-state index in [4.69, 9.17) is 14.3 Å². The lowest BCUT2D eigenvalue weighted by molar-refractivity contribution is 0.284. The van der Waals surface area contributed by atoms with Crippen molar-refractivity contribution in [3.05, 3.63) is 83.1 Å². The summed E-state index contributed by atoms with van der Waals surface area (Å²) in [6.45, 7) is 0.459. The molecule has 0 aliphatic carbocycles. The molecular weight excluding hydrogens is 364 g/mol. The molecule has 28 heavy (non-hydrogen) atoms. The second-order valence-corrected chi connectivity index (χ2v) is 6.29. The maximum absolute atomic E-state index is 13.6. The highest BCUT2D eigenvalue weighted by molar-refractivity contribution is 5.66. The Bertz CT molecular complexity index is 920. The van der Waals surface area contributed by atoms with Crippen LogP contribution in [-0.2, 0) is 13.0 Å². The van der Waals surface area contributed by atoms with Crippen LogP contribution in [0.1, 0.15) is 35.6 Å². The third kappa shape index (κ3) is 5.76. The zero-order chi connectivity index (χ0) is 19.8. The Hall–Kier alpha value is -2.99. The van der Waals surface area contributed by atoms with Gasteiger partial charge in [-0.2, -0.15) is 0 Å². The molecule has 0 atom stereocenters. The summed E-state index contributed by atoms with van der Waals surface area (Å²) in [6, 6.07) is 11.2. The number of oxazole rings is 1. The molecule has 0 bridgehead atoms. The van der Waals surface area contributed by atoms with Crippen molar-refractivity contribution < 1.29 is 23.0 Å². The smallest absolute Gasteiger partial charge is 0.218 e. The van der Waals surface area contributed by atoms with Gasteiger partial charge in [0.25, 0.3) is 0 Å². The molecule has 0 saturated heterocycles. The molecule has 6 heteroatoms. The number of benzene rings is 2. The van der Waals surface area contributed by atoms with Crippen LogP contribution >= 0.6 is 0 Å². The quantitative estimate of drug-likeness (QED) is 0.526. The molecule has 0 unspecified atom stereocenters. The van der Waals surface area contributed by atoms with Crippen LogP contribution in [0.25, 0.3) is 12.2 Å². The number of aliphatic hydroxyl groups is 1. The normalized spacial score (nSPS) is 11.2. The molecule has 0 aliphatic heterocycles. The topological polar surface area (TPSA) is 55.5 Å². The summed E-state index contributed by atoms with van der Waals surface area (Å²) in [7, 11) is 0. The zero-order valence-electron chi connectivity index (χ0n) is 15.3. The molecule has 0 aliphatic rings. The molecule has 0 spiro atoms. The number of ether oxygens (including phenoxy) is 1. The van der Waals surface area contributed by atoms with Gasteiger partial charge < -0.3 is 14.3 Å². The number of rotatable bonds is 9. The minimum absolute atomic E-state index is 0.217. The lowest BCUT2D eigenvalue weighted by Crippen LogP contribution is -1.96. The Balaban J connectivity index is 1.52. The van der Waals surface area contributed by atoms with E-state index in [1.807, 2.05) is 24.3 Å². The monoisotopic (exact) mass is 385 g/mol. The van der Waals surface area contributed by atoms with E-state index in [0.29, 0.717) is 11.6 Å². The molecule has 3 rings (SSSR count). The Labute approximate surface area is 162 Å². The highest BCUT2D eigenvalue weighted by Gasteiger charge is 2.05. The Morgan fingerprint density at radius 2 is 1.86 bits per heavy atom. The molecule has 3 aromatic rings. The van der Waals surface area contributed by atoms with Crippen molar-refractivity contribution in [2.24, 2.45) is 0 Å². The third-order valence-electron chi connectivity index (χ3n) is 4.12. The number of hydrogen-bond acceptors (Lipinski definition) is 4. The summed E-state index contributed by atoms with van der Waals surface area (Å²) in [5, 5.41) is 8.81. The van der Waals surface area contributed by atoms with E-state index in [0.717, 1.165) is 31.1 Å². The molecule has 0 amide bonds. The van der Waals surface area contributed by atoms with Crippen LogP contribution < -0.4 is 4.74 Å². The van der Waals surface area contributed by atoms with E-state index < -0.39 is 11.6 Å². The van der Waals surface area contributed by atoms with Gasteiger partial charge in [0.05, 0.1) is 0 Å². The summed E-state index contributed by atoms with van der Waals surface area (Å²) < 4.78 is 37.5. The lowest BCUT2D eigenvalue weighted by atomic mass is 10.1. The van der Waals surface area contributed by atoms with Gasteiger partial charge >= 0.3 is 0 Å². The molecule has 1 N–H and O–H groups in total. The molecular formula is C22H21F2NO3. The molecule has 4 nitrogen and oxygen atoms in total. The predicted octanol–water partition coefficient (Wildman–Crippen LogP) is 5.02. The minimum atomic E-state index is -0.647. The van der Waals surface area contributed by atoms with Gasteiger partial charge in [0, 0.05) is 24.3 Å². The Kier molecular flexibility index (Phi) is 6.92. The molecule has 146 valence electrons. The standard InChI is InChI=1S/C22H21F2NO3/c23-18-8-6-17(21(24)13-18)7-11-22-25-19(15-28-22)14-27-20-9-4-16(5-10-20)3-1-2-12-26/h4-11,13,15,26H,1-3,12,14H2. The van der Waals surface area contributed by atoms with E-state index in [2.05, 4.69) is 4.98 Å². The van der Waals surface area contributed by atoms with E-state index in [1.54, 1.807) is 0 Å². The fraction of sp³-hybridized carbons (Fsp3) is 0.227. The van der Waals surface area contributed by atoms with E-state index in [-0.39, 0.29) is 18.8 Å². The fourth-order valence-corrected chi connectivity index (χ4v) is 2.61. The lowest BCUT2D eigenvalue weighted by Gasteiger charge is -2.05. The molecule has 0 saturated carbocycles. The van der Waals surface area contributed by atoms with Gasteiger partial charge in [-0.3, -0.25) is 0 Å². The summed E-state index contributed by atoms with van der Waals surface area (Å²) in [5.41, 5.74) is 2.05. The van der Waals surface area contributed by atoms with Gasteiger partial charge in [-0.05, 0) is 55.2 Å². The number of hydrogen-bond donors (Lipinski definition) is 1. The summed E-state index contributed by atoms with van der Waals surface area (Å²) in [4.78, 5) is 4.26. The zero-order valence-corrected chi connectivity index (χ0v) is 15.3. The van der Waals surface area contributed by atoms with Gasteiger partial charge in [-0.1, -0.05) is 12.1 Å². The van der Waals surface area contributed by atoms with Crippen molar-refractivity contribution in [3.63, 3.8) is 0 Å². The first-order chi connectivity index (χ1) is 13.6. The van der Waals surface area contributed by atoms with Crippen molar-refractivity contribution in [1.82, 2.24) is 4.98 Å². The van der Waals surface area contributed by atoms with Gasteiger partial charge in [-0.25, -0.2) is 13.8 Å². The van der Waals surface area contributed by atoms with Crippen LogP contribution in [0.5, 0.6) is 5.75 Å². The SMILES string of the molecule is OCCCCc1ccc(OCc2coc(C=Cc3ccc(F)cc3F)n2)cc1. The number of halogens is 2. The van der Waals surface area contributed by atoms with Crippen molar-refractivity contribution in [3.8, 4) is 5.75 Å². The largest absolute Gasteiger partial charge is 0.487 e. The highest BCUT2D eigenvalue weighted by atomic mass is 19.1. The number of aromatic nitrogens is 1. The maximum atomic E-state index is 13.6. The van der Waals surface area contributed by atoms with Crippen LogP contribution in [0.2, 0.25) is 0 Å². The highest BCUT2D eigenvalue weighted by Crippen LogP contribution is 2.17. The van der Waals surface area contributed by atoms with Crippen LogP contribution in [0.4, 0.5) is 8.78 Å². The minimum Gasteiger partial charge on any atom is -0.487 e. The first-order valence-electron chi connectivity index (χ1n) is 9.04. The van der Waals surface area contributed by atoms with Crippen LogP contribution in [0, 0.1) is 11.6 Å². The van der Waals surface area contributed by atoms with Gasteiger partial charge in [-0.15, -0.1) is 0 Å². The number of aryl methyl sites for hydroxylation is 1.